The van der Waals surface area contributed by atoms with Crippen LogP contribution in [-0.2, 0) is 4.79 Å². The Morgan fingerprint density at radius 2 is 2.30 bits per heavy atom. The van der Waals surface area contributed by atoms with Crippen molar-refractivity contribution in [2.45, 2.75) is 13.3 Å². The topological polar surface area (TPSA) is 87.5 Å². The van der Waals surface area contributed by atoms with Crippen molar-refractivity contribution < 1.29 is 9.59 Å². The molecule has 1 aromatic carbocycles. The van der Waals surface area contributed by atoms with E-state index in [4.69, 9.17) is 5.73 Å². The first-order chi connectivity index (χ1) is 9.61. The number of benzene rings is 1. The summed E-state index contributed by atoms with van der Waals surface area (Å²) in [7, 11) is 0. The fourth-order valence-electron chi connectivity index (χ4n) is 2.26. The molecule has 2 rings (SSSR count). The van der Waals surface area contributed by atoms with E-state index in [1.165, 1.54) is 0 Å². The van der Waals surface area contributed by atoms with Crippen LogP contribution in [0.25, 0.3) is 0 Å². The highest BCUT2D eigenvalue weighted by molar-refractivity contribution is 5.96. The van der Waals surface area contributed by atoms with Crippen LogP contribution in [0, 0.1) is 0 Å². The smallest absolute Gasteiger partial charge is 0.251 e. The molecule has 0 unspecified atom stereocenters. The first kappa shape index (κ1) is 14.2. The van der Waals surface area contributed by atoms with Gasteiger partial charge < -0.3 is 21.3 Å². The molecule has 1 fully saturated rings. The lowest BCUT2D eigenvalue weighted by molar-refractivity contribution is -0.119. The van der Waals surface area contributed by atoms with Crippen LogP contribution in [0.5, 0.6) is 0 Å². The first-order valence-electron chi connectivity index (χ1n) is 6.81. The van der Waals surface area contributed by atoms with Gasteiger partial charge in [-0.3, -0.25) is 9.59 Å². The van der Waals surface area contributed by atoms with Gasteiger partial charge in [0.2, 0.25) is 5.91 Å². The van der Waals surface area contributed by atoms with Gasteiger partial charge in [-0.05, 0) is 31.5 Å². The molecule has 1 aromatic rings. The average Bonchev–Trinajstić information content (AvgIpc) is 2.63. The third-order valence-electron chi connectivity index (χ3n) is 3.23. The maximum Gasteiger partial charge on any atom is 0.251 e. The summed E-state index contributed by atoms with van der Waals surface area (Å²) in [5.41, 5.74) is 7.88. The minimum absolute atomic E-state index is 0.00491. The van der Waals surface area contributed by atoms with Crippen LogP contribution in [0.4, 0.5) is 11.4 Å². The summed E-state index contributed by atoms with van der Waals surface area (Å²) in [5, 5.41) is 5.56. The molecule has 1 heterocycles. The number of nitrogens with zero attached hydrogens (tertiary/aromatic N) is 1. The molecular formula is C14H20N4O2. The normalized spacial score (nSPS) is 15.4. The maximum atomic E-state index is 11.7. The summed E-state index contributed by atoms with van der Waals surface area (Å²) < 4.78 is 0. The fourth-order valence-corrected chi connectivity index (χ4v) is 2.26. The predicted molar refractivity (Wildman–Crippen MR) is 78.7 cm³/mol. The second kappa shape index (κ2) is 6.27. The minimum atomic E-state index is -0.139. The van der Waals surface area contributed by atoms with Gasteiger partial charge in [-0.25, -0.2) is 0 Å². The number of hydrogen-bond acceptors (Lipinski definition) is 4. The first-order valence-corrected chi connectivity index (χ1v) is 6.81. The van der Waals surface area contributed by atoms with E-state index in [0.29, 0.717) is 30.9 Å². The zero-order valence-corrected chi connectivity index (χ0v) is 11.6. The standard InChI is InChI=1S/C14H20N4O2/c1-2-16-14(20)10-4-5-12(11(15)8-10)18-7-3-6-17-13(19)9-18/h4-5,8H,2-3,6-7,9,15H2,1H3,(H,16,20)(H,17,19). The highest BCUT2D eigenvalue weighted by Crippen LogP contribution is 2.25. The molecule has 4 N–H and O–H groups in total. The molecule has 108 valence electrons. The van der Waals surface area contributed by atoms with Gasteiger partial charge in [-0.2, -0.15) is 0 Å². The SMILES string of the molecule is CCNC(=O)c1ccc(N2CCCNC(=O)C2)c(N)c1. The van der Waals surface area contributed by atoms with E-state index in [1.54, 1.807) is 18.2 Å². The number of carbonyl (C=O) groups excluding carboxylic acids is 2. The zero-order valence-electron chi connectivity index (χ0n) is 11.6. The van der Waals surface area contributed by atoms with Crippen LogP contribution in [0.2, 0.25) is 0 Å². The number of carbonyl (C=O) groups is 2. The second-order valence-corrected chi connectivity index (χ2v) is 4.76. The van der Waals surface area contributed by atoms with Crippen LogP contribution in [0.1, 0.15) is 23.7 Å². The molecule has 0 saturated carbocycles. The lowest BCUT2D eigenvalue weighted by Crippen LogP contribution is -2.33. The molecule has 6 nitrogen and oxygen atoms in total. The summed E-state index contributed by atoms with van der Waals surface area (Å²) in [6.45, 7) is 4.19. The summed E-state index contributed by atoms with van der Waals surface area (Å²) in [6.07, 6.45) is 0.878. The van der Waals surface area contributed by atoms with Gasteiger partial charge in [0.1, 0.15) is 0 Å². The highest BCUT2D eigenvalue weighted by atomic mass is 16.2. The molecule has 2 amide bonds. The Labute approximate surface area is 118 Å². The molecule has 1 aliphatic rings. The van der Waals surface area contributed by atoms with Gasteiger partial charge in [-0.15, -0.1) is 0 Å². The van der Waals surface area contributed by atoms with Gasteiger partial charge >= 0.3 is 0 Å². The number of nitrogens with two attached hydrogens (primary N) is 1. The van der Waals surface area contributed by atoms with Crippen molar-refractivity contribution in [2.24, 2.45) is 0 Å². The van der Waals surface area contributed by atoms with E-state index in [1.807, 2.05) is 11.8 Å². The Hall–Kier alpha value is -2.24. The number of nitrogen functional groups attached to an aromatic ring is 1. The number of hydrogen-bond donors (Lipinski definition) is 3. The third kappa shape index (κ3) is 3.20. The van der Waals surface area contributed by atoms with Crippen molar-refractivity contribution in [3.63, 3.8) is 0 Å². The van der Waals surface area contributed by atoms with E-state index in [2.05, 4.69) is 10.6 Å². The largest absolute Gasteiger partial charge is 0.397 e. The number of anilines is 2. The number of amides is 2. The van der Waals surface area contributed by atoms with Crippen molar-refractivity contribution >= 4 is 23.2 Å². The average molecular weight is 276 g/mol. The Morgan fingerprint density at radius 1 is 1.50 bits per heavy atom. The lowest BCUT2D eigenvalue weighted by atomic mass is 10.1. The van der Waals surface area contributed by atoms with Crippen molar-refractivity contribution in [3.05, 3.63) is 23.8 Å². The quantitative estimate of drug-likeness (QED) is 0.695. The summed E-state index contributed by atoms with van der Waals surface area (Å²) >= 11 is 0. The molecule has 0 spiro atoms. The van der Waals surface area contributed by atoms with Crippen molar-refractivity contribution in [3.8, 4) is 0 Å². The van der Waals surface area contributed by atoms with Gasteiger partial charge in [0.15, 0.2) is 0 Å². The van der Waals surface area contributed by atoms with E-state index < -0.39 is 0 Å². The fraction of sp³-hybridized carbons (Fsp3) is 0.429. The highest BCUT2D eigenvalue weighted by Gasteiger charge is 2.17. The molecule has 0 atom stereocenters. The lowest BCUT2D eigenvalue weighted by Gasteiger charge is -2.23. The van der Waals surface area contributed by atoms with Gasteiger partial charge in [0.05, 0.1) is 17.9 Å². The zero-order chi connectivity index (χ0) is 14.5. The van der Waals surface area contributed by atoms with Crippen LogP contribution in [0.15, 0.2) is 18.2 Å². The number of nitrogens with one attached hydrogen (secondary N) is 2. The maximum absolute atomic E-state index is 11.7. The van der Waals surface area contributed by atoms with E-state index in [0.717, 1.165) is 18.7 Å². The molecule has 1 saturated heterocycles. The van der Waals surface area contributed by atoms with Crippen molar-refractivity contribution in [1.82, 2.24) is 10.6 Å². The molecule has 20 heavy (non-hydrogen) atoms. The summed E-state index contributed by atoms with van der Waals surface area (Å²) in [6, 6.07) is 5.20. The van der Waals surface area contributed by atoms with Gasteiger partial charge in [0.25, 0.3) is 5.91 Å². The van der Waals surface area contributed by atoms with E-state index in [9.17, 15) is 9.59 Å². The molecule has 0 aliphatic carbocycles. The Morgan fingerprint density at radius 3 is 3.00 bits per heavy atom. The minimum Gasteiger partial charge on any atom is -0.397 e. The summed E-state index contributed by atoms with van der Waals surface area (Å²) in [4.78, 5) is 25.3. The molecular weight excluding hydrogens is 256 g/mol. The van der Waals surface area contributed by atoms with Gasteiger partial charge in [-0.1, -0.05) is 0 Å². The third-order valence-corrected chi connectivity index (χ3v) is 3.23. The Kier molecular flexibility index (Phi) is 4.45. The Balaban J connectivity index is 2.20. The molecule has 0 aromatic heterocycles. The number of rotatable bonds is 3. The molecule has 6 heteroatoms. The van der Waals surface area contributed by atoms with E-state index in [-0.39, 0.29) is 11.8 Å². The van der Waals surface area contributed by atoms with Crippen LogP contribution in [-0.4, -0.2) is 38.0 Å². The van der Waals surface area contributed by atoms with Crippen LogP contribution >= 0.6 is 0 Å². The van der Waals surface area contributed by atoms with Gasteiger partial charge in [0, 0.05) is 25.2 Å². The predicted octanol–water partition coefficient (Wildman–Crippen LogP) is 0.345. The summed E-state index contributed by atoms with van der Waals surface area (Å²) in [5.74, 6) is -0.144. The van der Waals surface area contributed by atoms with Crippen LogP contribution in [0.3, 0.4) is 0 Å². The monoisotopic (exact) mass is 276 g/mol. The molecule has 0 radical (unpaired) electrons. The van der Waals surface area contributed by atoms with E-state index >= 15 is 0 Å². The van der Waals surface area contributed by atoms with Crippen molar-refractivity contribution in [1.29, 1.82) is 0 Å². The molecule has 0 bridgehead atoms. The van der Waals surface area contributed by atoms with Crippen LogP contribution < -0.4 is 21.3 Å². The Bertz CT molecular complexity index is 516. The molecule has 1 aliphatic heterocycles. The second-order valence-electron chi connectivity index (χ2n) is 4.76. The van der Waals surface area contributed by atoms with Crippen molar-refractivity contribution in [2.75, 3.05) is 36.8 Å².